The van der Waals surface area contributed by atoms with Gasteiger partial charge in [-0.2, -0.15) is 0 Å². The van der Waals surface area contributed by atoms with Crippen LogP contribution in [0.15, 0.2) is 0 Å². The highest BCUT2D eigenvalue weighted by molar-refractivity contribution is 4.83. The molecule has 2 atom stereocenters. The topological polar surface area (TPSA) is 26.0 Å². The molecular weight excluding hydrogens is 158 g/mol. The van der Waals surface area contributed by atoms with E-state index in [4.69, 9.17) is 5.73 Å². The van der Waals surface area contributed by atoms with Crippen LogP contribution < -0.4 is 5.73 Å². The zero-order valence-corrected chi connectivity index (χ0v) is 9.64. The summed E-state index contributed by atoms with van der Waals surface area (Å²) >= 11 is 0. The summed E-state index contributed by atoms with van der Waals surface area (Å²) in [6, 6.07) is 0.461. The Kier molecular flexibility index (Phi) is 3.39. The van der Waals surface area contributed by atoms with Gasteiger partial charge in [-0.15, -0.1) is 0 Å². The van der Waals surface area contributed by atoms with E-state index in [1.165, 1.54) is 25.7 Å². The largest absolute Gasteiger partial charge is 0.327 e. The van der Waals surface area contributed by atoms with E-state index in [1.54, 1.807) is 0 Å². The summed E-state index contributed by atoms with van der Waals surface area (Å²) in [5.41, 5.74) is 6.59. The Morgan fingerprint density at radius 3 is 2.15 bits per heavy atom. The van der Waals surface area contributed by atoms with Gasteiger partial charge in [0.2, 0.25) is 0 Å². The van der Waals surface area contributed by atoms with Crippen LogP contribution in [0.25, 0.3) is 0 Å². The summed E-state index contributed by atoms with van der Waals surface area (Å²) in [7, 11) is 0. The average molecular weight is 183 g/mol. The smallest absolute Gasteiger partial charge is 0.00698 e. The monoisotopic (exact) mass is 183 g/mol. The fourth-order valence-corrected chi connectivity index (χ4v) is 1.82. The molecule has 1 rings (SSSR count). The summed E-state index contributed by atoms with van der Waals surface area (Å²) in [5, 5.41) is 0. The van der Waals surface area contributed by atoms with Crippen molar-refractivity contribution >= 4 is 0 Å². The lowest BCUT2D eigenvalue weighted by Crippen LogP contribution is -2.37. The van der Waals surface area contributed by atoms with Crippen molar-refractivity contribution < 1.29 is 0 Å². The Hall–Kier alpha value is -0.0400. The third-order valence-corrected chi connectivity index (χ3v) is 3.86. The van der Waals surface area contributed by atoms with Crippen molar-refractivity contribution in [2.75, 3.05) is 0 Å². The Morgan fingerprint density at radius 2 is 1.85 bits per heavy atom. The second kappa shape index (κ2) is 4.00. The van der Waals surface area contributed by atoms with Crippen molar-refractivity contribution in [3.8, 4) is 0 Å². The summed E-state index contributed by atoms with van der Waals surface area (Å²) in [4.78, 5) is 0. The first-order valence-electron chi connectivity index (χ1n) is 5.67. The SMILES string of the molecule is CC(CC(N)C1CCC1)C(C)(C)C. The highest BCUT2D eigenvalue weighted by Crippen LogP contribution is 2.35. The second-order valence-corrected chi connectivity index (χ2v) is 5.86. The lowest BCUT2D eigenvalue weighted by atomic mass is 9.72. The van der Waals surface area contributed by atoms with Crippen molar-refractivity contribution in [3.63, 3.8) is 0 Å². The quantitative estimate of drug-likeness (QED) is 0.714. The Bertz CT molecular complexity index is 153. The zero-order chi connectivity index (χ0) is 10.1. The van der Waals surface area contributed by atoms with Crippen LogP contribution in [0.3, 0.4) is 0 Å². The number of nitrogens with two attached hydrogens (primary N) is 1. The molecule has 2 unspecified atom stereocenters. The van der Waals surface area contributed by atoms with E-state index >= 15 is 0 Å². The molecule has 1 nitrogen and oxygen atoms in total. The molecule has 1 aliphatic rings. The van der Waals surface area contributed by atoms with Gasteiger partial charge in [-0.1, -0.05) is 34.1 Å². The second-order valence-electron chi connectivity index (χ2n) is 5.86. The Balaban J connectivity index is 2.30. The molecule has 1 saturated carbocycles. The van der Waals surface area contributed by atoms with Gasteiger partial charge in [0.25, 0.3) is 0 Å². The summed E-state index contributed by atoms with van der Waals surface area (Å²) in [5.74, 6) is 1.58. The molecule has 1 fully saturated rings. The molecule has 78 valence electrons. The maximum absolute atomic E-state index is 6.18. The van der Waals surface area contributed by atoms with Crippen LogP contribution in [0.4, 0.5) is 0 Å². The third kappa shape index (κ3) is 2.98. The minimum absolute atomic E-state index is 0.418. The van der Waals surface area contributed by atoms with Gasteiger partial charge in [0.1, 0.15) is 0 Å². The zero-order valence-electron chi connectivity index (χ0n) is 9.64. The standard InChI is InChI=1S/C12H25N/c1-9(12(2,3)4)8-11(13)10-6-5-7-10/h9-11H,5-8,13H2,1-4H3. The van der Waals surface area contributed by atoms with Gasteiger partial charge in [0.05, 0.1) is 0 Å². The van der Waals surface area contributed by atoms with Crippen molar-refractivity contribution in [2.45, 2.75) is 59.4 Å². The van der Waals surface area contributed by atoms with Gasteiger partial charge in [0, 0.05) is 6.04 Å². The molecule has 0 heterocycles. The van der Waals surface area contributed by atoms with Crippen LogP contribution in [0.1, 0.15) is 53.4 Å². The molecule has 0 radical (unpaired) electrons. The first-order chi connectivity index (χ1) is 5.91. The molecule has 0 saturated heterocycles. The molecule has 1 aliphatic carbocycles. The Morgan fingerprint density at radius 1 is 1.31 bits per heavy atom. The number of hydrogen-bond donors (Lipinski definition) is 1. The maximum atomic E-state index is 6.18. The van der Waals surface area contributed by atoms with E-state index in [9.17, 15) is 0 Å². The fraction of sp³-hybridized carbons (Fsp3) is 1.00. The molecule has 0 amide bonds. The van der Waals surface area contributed by atoms with E-state index < -0.39 is 0 Å². The van der Waals surface area contributed by atoms with Crippen LogP contribution in [0.5, 0.6) is 0 Å². The number of rotatable bonds is 3. The molecule has 0 aliphatic heterocycles. The molecule has 0 bridgehead atoms. The lowest BCUT2D eigenvalue weighted by molar-refractivity contribution is 0.180. The van der Waals surface area contributed by atoms with Crippen LogP contribution in [0.2, 0.25) is 0 Å². The molecule has 0 aromatic heterocycles. The van der Waals surface area contributed by atoms with Gasteiger partial charge in [-0.3, -0.25) is 0 Å². The highest BCUT2D eigenvalue weighted by Gasteiger charge is 2.28. The van der Waals surface area contributed by atoms with Crippen molar-refractivity contribution in [1.29, 1.82) is 0 Å². The molecule has 1 heteroatoms. The summed E-state index contributed by atoms with van der Waals surface area (Å²) in [6.07, 6.45) is 5.35. The van der Waals surface area contributed by atoms with Gasteiger partial charge in [-0.05, 0) is 36.5 Å². The molecule has 0 spiro atoms. The highest BCUT2D eigenvalue weighted by atomic mass is 14.7. The Labute approximate surface area is 83.1 Å². The van der Waals surface area contributed by atoms with Crippen LogP contribution in [-0.2, 0) is 0 Å². The van der Waals surface area contributed by atoms with Crippen molar-refractivity contribution in [2.24, 2.45) is 23.0 Å². The van der Waals surface area contributed by atoms with E-state index in [0.717, 1.165) is 11.8 Å². The third-order valence-electron chi connectivity index (χ3n) is 3.86. The maximum Gasteiger partial charge on any atom is 0.00698 e. The van der Waals surface area contributed by atoms with Crippen molar-refractivity contribution in [3.05, 3.63) is 0 Å². The summed E-state index contributed by atoms with van der Waals surface area (Å²) < 4.78 is 0. The minimum atomic E-state index is 0.418. The van der Waals surface area contributed by atoms with Gasteiger partial charge in [0.15, 0.2) is 0 Å². The predicted octanol–water partition coefficient (Wildman–Crippen LogP) is 3.19. The average Bonchev–Trinajstić information content (AvgIpc) is 1.79. The molecule has 13 heavy (non-hydrogen) atoms. The predicted molar refractivity (Wildman–Crippen MR) is 58.6 cm³/mol. The molecular formula is C12H25N. The molecule has 2 N–H and O–H groups in total. The van der Waals surface area contributed by atoms with E-state index in [1.807, 2.05) is 0 Å². The van der Waals surface area contributed by atoms with Crippen LogP contribution in [0, 0.1) is 17.3 Å². The molecule has 0 aromatic carbocycles. The van der Waals surface area contributed by atoms with E-state index in [2.05, 4.69) is 27.7 Å². The van der Waals surface area contributed by atoms with Crippen LogP contribution in [-0.4, -0.2) is 6.04 Å². The first-order valence-corrected chi connectivity index (χ1v) is 5.67. The first kappa shape index (κ1) is 11.0. The number of hydrogen-bond acceptors (Lipinski definition) is 1. The molecule has 0 aromatic rings. The van der Waals surface area contributed by atoms with E-state index in [-0.39, 0.29) is 0 Å². The van der Waals surface area contributed by atoms with Gasteiger partial charge >= 0.3 is 0 Å². The lowest BCUT2D eigenvalue weighted by Gasteiger charge is -2.36. The van der Waals surface area contributed by atoms with Gasteiger partial charge < -0.3 is 5.73 Å². The minimum Gasteiger partial charge on any atom is -0.327 e. The normalized spacial score (nSPS) is 23.8. The van der Waals surface area contributed by atoms with Crippen molar-refractivity contribution in [1.82, 2.24) is 0 Å². The fourth-order valence-electron chi connectivity index (χ4n) is 1.82. The van der Waals surface area contributed by atoms with Gasteiger partial charge in [-0.25, -0.2) is 0 Å². The van der Waals surface area contributed by atoms with Crippen LogP contribution >= 0.6 is 0 Å². The summed E-state index contributed by atoms with van der Waals surface area (Å²) in [6.45, 7) is 9.26. The van der Waals surface area contributed by atoms with E-state index in [0.29, 0.717) is 11.5 Å².